The second kappa shape index (κ2) is 5.91. The fraction of sp³-hybridized carbons (Fsp3) is 0.615. The summed E-state index contributed by atoms with van der Waals surface area (Å²) in [4.78, 5) is 4.36. The average Bonchev–Trinajstić information content (AvgIpc) is 3.19. The van der Waals surface area contributed by atoms with Crippen LogP contribution in [0.25, 0.3) is 0 Å². The first-order chi connectivity index (χ1) is 8.69. The maximum atomic E-state index is 5.84. The van der Waals surface area contributed by atoms with Gasteiger partial charge < -0.3 is 20.5 Å². The summed E-state index contributed by atoms with van der Waals surface area (Å²) in [6.45, 7) is 3.42. The summed E-state index contributed by atoms with van der Waals surface area (Å²) in [6.07, 6.45) is 2.65. The molecule has 1 unspecified atom stereocenters. The monoisotopic (exact) mass is 251 g/mol. The molecule has 1 aliphatic carbocycles. The first-order valence-electron chi connectivity index (χ1n) is 6.35. The van der Waals surface area contributed by atoms with Gasteiger partial charge in [0.15, 0.2) is 0 Å². The van der Waals surface area contributed by atoms with Gasteiger partial charge in [-0.3, -0.25) is 0 Å². The Kier molecular flexibility index (Phi) is 4.25. The van der Waals surface area contributed by atoms with E-state index in [1.165, 1.54) is 12.8 Å². The molecule has 2 rings (SSSR count). The van der Waals surface area contributed by atoms with Crippen LogP contribution in [-0.2, 0) is 4.74 Å². The molecule has 1 atom stereocenters. The lowest BCUT2D eigenvalue weighted by molar-refractivity contribution is 0.128. The van der Waals surface area contributed by atoms with E-state index in [-0.39, 0.29) is 6.10 Å². The predicted octanol–water partition coefficient (Wildman–Crippen LogP) is 1.90. The van der Waals surface area contributed by atoms with Crippen molar-refractivity contribution in [2.24, 2.45) is 5.92 Å². The standard InChI is InChI=1S/C13H21N3O2/c1-9(17-2)7-15-12-6-5-11(14)13(16-12)18-8-10-3-4-10/h5-6,9-10H,3-4,7-8,14H2,1-2H3,(H,15,16). The number of nitrogen functional groups attached to an aromatic ring is 1. The van der Waals surface area contributed by atoms with Crippen molar-refractivity contribution in [3.63, 3.8) is 0 Å². The normalized spacial score (nSPS) is 16.3. The molecule has 0 radical (unpaired) electrons. The Bertz CT molecular complexity index is 394. The first-order valence-corrected chi connectivity index (χ1v) is 6.35. The number of hydrogen-bond acceptors (Lipinski definition) is 5. The highest BCUT2D eigenvalue weighted by molar-refractivity contribution is 5.53. The molecule has 0 amide bonds. The lowest BCUT2D eigenvalue weighted by Crippen LogP contribution is -2.18. The van der Waals surface area contributed by atoms with Gasteiger partial charge in [-0.1, -0.05) is 0 Å². The van der Waals surface area contributed by atoms with Crippen LogP contribution in [0.15, 0.2) is 12.1 Å². The molecule has 1 aromatic heterocycles. The van der Waals surface area contributed by atoms with Gasteiger partial charge in [-0.05, 0) is 37.8 Å². The molecule has 100 valence electrons. The Morgan fingerprint density at radius 2 is 2.28 bits per heavy atom. The number of pyridine rings is 1. The van der Waals surface area contributed by atoms with Gasteiger partial charge in [-0.15, -0.1) is 0 Å². The fourth-order valence-corrected chi connectivity index (χ4v) is 1.48. The minimum Gasteiger partial charge on any atom is -0.476 e. The number of rotatable bonds is 7. The van der Waals surface area contributed by atoms with E-state index in [1.807, 2.05) is 19.1 Å². The zero-order valence-electron chi connectivity index (χ0n) is 11.0. The van der Waals surface area contributed by atoms with Gasteiger partial charge in [0.05, 0.1) is 18.4 Å². The Balaban J connectivity index is 1.91. The van der Waals surface area contributed by atoms with Crippen LogP contribution in [0.5, 0.6) is 5.88 Å². The SMILES string of the molecule is COC(C)CNc1ccc(N)c(OCC2CC2)n1. The van der Waals surface area contributed by atoms with Crippen LogP contribution in [0.3, 0.4) is 0 Å². The molecule has 1 heterocycles. The molecule has 1 fully saturated rings. The van der Waals surface area contributed by atoms with E-state index in [9.17, 15) is 0 Å². The third kappa shape index (κ3) is 3.77. The Morgan fingerprint density at radius 3 is 2.94 bits per heavy atom. The van der Waals surface area contributed by atoms with Crippen LogP contribution in [0.4, 0.5) is 11.5 Å². The molecule has 0 aromatic carbocycles. The highest BCUT2D eigenvalue weighted by Gasteiger charge is 2.22. The minimum absolute atomic E-state index is 0.139. The summed E-state index contributed by atoms with van der Waals surface area (Å²) in [5.74, 6) is 1.98. The van der Waals surface area contributed by atoms with Crippen LogP contribution in [-0.4, -0.2) is 31.3 Å². The van der Waals surface area contributed by atoms with E-state index >= 15 is 0 Å². The number of nitrogens with zero attached hydrogens (tertiary/aromatic N) is 1. The molecule has 1 aromatic rings. The molecular weight excluding hydrogens is 230 g/mol. The lowest BCUT2D eigenvalue weighted by atomic mass is 10.3. The molecule has 18 heavy (non-hydrogen) atoms. The van der Waals surface area contributed by atoms with E-state index in [1.54, 1.807) is 7.11 Å². The van der Waals surface area contributed by atoms with Crippen molar-refractivity contribution in [2.75, 3.05) is 31.3 Å². The highest BCUT2D eigenvalue weighted by Crippen LogP contribution is 2.30. The molecule has 1 aliphatic rings. The third-order valence-corrected chi connectivity index (χ3v) is 3.02. The second-order valence-electron chi connectivity index (χ2n) is 4.77. The Morgan fingerprint density at radius 1 is 1.50 bits per heavy atom. The molecule has 5 nitrogen and oxygen atoms in total. The first kappa shape index (κ1) is 13.0. The summed E-state index contributed by atoms with van der Waals surface area (Å²) < 4.78 is 10.8. The molecule has 0 aliphatic heterocycles. The van der Waals surface area contributed by atoms with E-state index in [0.717, 1.165) is 12.4 Å². The maximum Gasteiger partial charge on any atom is 0.239 e. The largest absolute Gasteiger partial charge is 0.476 e. The van der Waals surface area contributed by atoms with Crippen LogP contribution < -0.4 is 15.8 Å². The molecule has 0 bridgehead atoms. The predicted molar refractivity (Wildman–Crippen MR) is 71.8 cm³/mol. The molecule has 1 saturated carbocycles. The molecule has 0 spiro atoms. The zero-order valence-corrected chi connectivity index (χ0v) is 11.0. The van der Waals surface area contributed by atoms with E-state index < -0.39 is 0 Å². The van der Waals surface area contributed by atoms with Crippen molar-refractivity contribution in [3.8, 4) is 5.88 Å². The lowest BCUT2D eigenvalue weighted by Gasteiger charge is -2.13. The number of hydrogen-bond donors (Lipinski definition) is 2. The number of ether oxygens (including phenoxy) is 2. The van der Waals surface area contributed by atoms with E-state index in [2.05, 4.69) is 10.3 Å². The smallest absolute Gasteiger partial charge is 0.239 e. The van der Waals surface area contributed by atoms with Crippen LogP contribution in [0.2, 0.25) is 0 Å². The molecular formula is C13H21N3O2. The average molecular weight is 251 g/mol. The van der Waals surface area contributed by atoms with Gasteiger partial charge in [0.25, 0.3) is 0 Å². The molecule has 5 heteroatoms. The fourth-order valence-electron chi connectivity index (χ4n) is 1.48. The summed E-state index contributed by atoms with van der Waals surface area (Å²) in [6, 6.07) is 3.66. The summed E-state index contributed by atoms with van der Waals surface area (Å²) in [5, 5.41) is 3.19. The number of aromatic nitrogens is 1. The quantitative estimate of drug-likeness (QED) is 0.774. The van der Waals surface area contributed by atoms with E-state index in [0.29, 0.717) is 24.0 Å². The molecule has 3 N–H and O–H groups in total. The second-order valence-corrected chi connectivity index (χ2v) is 4.77. The Labute approximate surface area is 108 Å². The van der Waals surface area contributed by atoms with Crippen molar-refractivity contribution in [1.82, 2.24) is 4.98 Å². The Hall–Kier alpha value is -1.49. The summed E-state index contributed by atoms with van der Waals surface area (Å²) in [7, 11) is 1.69. The van der Waals surface area contributed by atoms with Crippen molar-refractivity contribution < 1.29 is 9.47 Å². The van der Waals surface area contributed by atoms with E-state index in [4.69, 9.17) is 15.2 Å². The van der Waals surface area contributed by atoms with Crippen molar-refractivity contribution in [1.29, 1.82) is 0 Å². The van der Waals surface area contributed by atoms with Gasteiger partial charge in [-0.2, -0.15) is 4.98 Å². The van der Waals surface area contributed by atoms with Crippen molar-refractivity contribution in [3.05, 3.63) is 12.1 Å². The summed E-state index contributed by atoms with van der Waals surface area (Å²) in [5.41, 5.74) is 6.42. The van der Waals surface area contributed by atoms with Crippen LogP contribution in [0, 0.1) is 5.92 Å². The highest BCUT2D eigenvalue weighted by atomic mass is 16.5. The molecule has 0 saturated heterocycles. The number of nitrogens with one attached hydrogen (secondary N) is 1. The van der Waals surface area contributed by atoms with Crippen LogP contribution >= 0.6 is 0 Å². The van der Waals surface area contributed by atoms with Crippen LogP contribution in [0.1, 0.15) is 19.8 Å². The van der Waals surface area contributed by atoms with Crippen molar-refractivity contribution >= 4 is 11.5 Å². The van der Waals surface area contributed by atoms with Gasteiger partial charge >= 0.3 is 0 Å². The van der Waals surface area contributed by atoms with Gasteiger partial charge in [0.1, 0.15) is 5.82 Å². The minimum atomic E-state index is 0.139. The number of nitrogens with two attached hydrogens (primary N) is 1. The zero-order chi connectivity index (χ0) is 13.0. The summed E-state index contributed by atoms with van der Waals surface area (Å²) >= 11 is 0. The number of anilines is 2. The number of methoxy groups -OCH3 is 1. The van der Waals surface area contributed by atoms with Gasteiger partial charge in [0, 0.05) is 13.7 Å². The van der Waals surface area contributed by atoms with Crippen molar-refractivity contribution in [2.45, 2.75) is 25.9 Å². The maximum absolute atomic E-state index is 5.84. The van der Waals surface area contributed by atoms with Gasteiger partial charge in [-0.25, -0.2) is 0 Å². The van der Waals surface area contributed by atoms with Gasteiger partial charge in [0.2, 0.25) is 5.88 Å². The third-order valence-electron chi connectivity index (χ3n) is 3.02. The topological polar surface area (TPSA) is 69.4 Å².